The van der Waals surface area contributed by atoms with Gasteiger partial charge in [-0.1, -0.05) is 30.3 Å². The first kappa shape index (κ1) is 12.3. The second-order valence-corrected chi connectivity index (χ2v) is 5.41. The maximum absolute atomic E-state index is 11.7. The van der Waals surface area contributed by atoms with Crippen molar-refractivity contribution < 1.29 is 9.53 Å². The van der Waals surface area contributed by atoms with Crippen molar-refractivity contribution in [3.63, 3.8) is 0 Å². The Balaban J connectivity index is 1.83. The van der Waals surface area contributed by atoms with E-state index in [0.29, 0.717) is 5.56 Å². The van der Waals surface area contributed by atoms with Gasteiger partial charge in [0.15, 0.2) is 0 Å². The summed E-state index contributed by atoms with van der Waals surface area (Å²) >= 11 is 1.72. The first-order valence-corrected chi connectivity index (χ1v) is 7.43. The van der Waals surface area contributed by atoms with Crippen molar-refractivity contribution in [3.8, 4) is 0 Å². The largest absolute Gasteiger partial charge is 0.454 e. The maximum Gasteiger partial charge on any atom is 0.339 e. The van der Waals surface area contributed by atoms with Gasteiger partial charge in [0, 0.05) is 16.9 Å². The van der Waals surface area contributed by atoms with Gasteiger partial charge in [-0.2, -0.15) is 0 Å². The number of rotatable bonds is 3. The lowest BCUT2D eigenvalue weighted by Crippen LogP contribution is -2.02. The van der Waals surface area contributed by atoms with E-state index in [1.165, 1.54) is 10.5 Å². The summed E-state index contributed by atoms with van der Waals surface area (Å²) in [6.45, 7) is 0. The maximum atomic E-state index is 11.7. The van der Waals surface area contributed by atoms with E-state index < -0.39 is 0 Å². The van der Waals surface area contributed by atoms with Gasteiger partial charge in [-0.05, 0) is 30.0 Å². The van der Waals surface area contributed by atoms with Gasteiger partial charge in [0.1, 0.15) is 6.10 Å². The second-order valence-electron chi connectivity index (χ2n) is 4.53. The van der Waals surface area contributed by atoms with Crippen molar-refractivity contribution in [3.05, 3.63) is 65.2 Å². The molecule has 3 heteroatoms. The molecule has 2 aromatic rings. The lowest BCUT2D eigenvalue weighted by molar-refractivity contribution is 0.0387. The highest BCUT2D eigenvalue weighted by Gasteiger charge is 2.30. The van der Waals surface area contributed by atoms with Gasteiger partial charge in [0.25, 0.3) is 0 Å². The van der Waals surface area contributed by atoms with E-state index in [4.69, 9.17) is 4.74 Å². The Morgan fingerprint density at radius 3 is 2.58 bits per heavy atom. The summed E-state index contributed by atoms with van der Waals surface area (Å²) in [6.07, 6.45) is 2.64. The summed E-state index contributed by atoms with van der Waals surface area (Å²) in [5.74, 6) is -0.207. The molecule has 0 saturated heterocycles. The smallest absolute Gasteiger partial charge is 0.339 e. The Bertz CT molecular complexity index is 604. The molecule has 1 heterocycles. The number of ether oxygens (including phenoxy) is 1. The molecule has 0 saturated carbocycles. The highest BCUT2D eigenvalue weighted by atomic mass is 32.2. The zero-order chi connectivity index (χ0) is 13.2. The van der Waals surface area contributed by atoms with Gasteiger partial charge in [-0.25, -0.2) is 4.79 Å². The number of thioether (sulfide) groups is 1. The van der Waals surface area contributed by atoms with Crippen molar-refractivity contribution in [1.29, 1.82) is 0 Å². The van der Waals surface area contributed by atoms with Crippen molar-refractivity contribution in [2.45, 2.75) is 17.4 Å². The first-order chi connectivity index (χ1) is 9.28. The van der Waals surface area contributed by atoms with Crippen molar-refractivity contribution in [2.75, 3.05) is 6.26 Å². The average molecular weight is 270 g/mol. The van der Waals surface area contributed by atoms with Crippen LogP contribution in [0.3, 0.4) is 0 Å². The molecule has 19 heavy (non-hydrogen) atoms. The van der Waals surface area contributed by atoms with Crippen LogP contribution in [-0.4, -0.2) is 12.2 Å². The number of carbonyl (C=O) groups is 1. The molecule has 1 aliphatic rings. The van der Waals surface area contributed by atoms with Crippen LogP contribution in [0.25, 0.3) is 0 Å². The molecule has 1 atom stereocenters. The van der Waals surface area contributed by atoms with E-state index in [-0.39, 0.29) is 12.1 Å². The van der Waals surface area contributed by atoms with Gasteiger partial charge >= 0.3 is 5.97 Å². The Morgan fingerprint density at radius 1 is 1.11 bits per heavy atom. The molecule has 0 spiro atoms. The van der Waals surface area contributed by atoms with E-state index in [1.807, 2.05) is 24.3 Å². The van der Waals surface area contributed by atoms with E-state index in [1.54, 1.807) is 11.8 Å². The fraction of sp³-hybridized carbons (Fsp3) is 0.188. The molecule has 0 aliphatic carbocycles. The lowest BCUT2D eigenvalue weighted by Gasteiger charge is -2.11. The molecule has 0 fully saturated rings. The summed E-state index contributed by atoms with van der Waals surface area (Å²) in [5.41, 5.74) is 2.89. The minimum absolute atomic E-state index is 0.149. The van der Waals surface area contributed by atoms with Gasteiger partial charge in [-0.15, -0.1) is 11.8 Å². The number of hydrogen-bond donors (Lipinski definition) is 0. The molecule has 3 rings (SSSR count). The van der Waals surface area contributed by atoms with Crippen LogP contribution in [-0.2, 0) is 11.2 Å². The van der Waals surface area contributed by atoms with Gasteiger partial charge < -0.3 is 4.74 Å². The average Bonchev–Trinajstić information content (AvgIpc) is 2.77. The highest BCUT2D eigenvalue weighted by molar-refractivity contribution is 7.98. The monoisotopic (exact) mass is 270 g/mol. The van der Waals surface area contributed by atoms with Crippen LogP contribution in [0.5, 0.6) is 0 Å². The normalized spacial score (nSPS) is 17.1. The lowest BCUT2D eigenvalue weighted by atomic mass is 9.99. The highest BCUT2D eigenvalue weighted by Crippen LogP contribution is 2.33. The minimum atomic E-state index is -0.207. The second kappa shape index (κ2) is 5.10. The Morgan fingerprint density at radius 2 is 1.84 bits per heavy atom. The van der Waals surface area contributed by atoms with Crippen molar-refractivity contribution in [2.24, 2.45) is 0 Å². The number of carbonyl (C=O) groups excluding carboxylic acids is 1. The minimum Gasteiger partial charge on any atom is -0.454 e. The predicted molar refractivity (Wildman–Crippen MR) is 76.5 cm³/mol. The van der Waals surface area contributed by atoms with E-state index in [0.717, 1.165) is 12.0 Å². The molecule has 96 valence electrons. The van der Waals surface area contributed by atoms with Crippen LogP contribution in [0.15, 0.2) is 53.4 Å². The van der Waals surface area contributed by atoms with Crippen LogP contribution < -0.4 is 0 Å². The van der Waals surface area contributed by atoms with E-state index in [2.05, 4.69) is 30.5 Å². The molecular weight excluding hydrogens is 256 g/mol. The molecule has 2 nitrogen and oxygen atoms in total. The van der Waals surface area contributed by atoms with Crippen LogP contribution in [0.2, 0.25) is 0 Å². The third-order valence-electron chi connectivity index (χ3n) is 3.36. The van der Waals surface area contributed by atoms with Gasteiger partial charge in [0.05, 0.1) is 5.56 Å². The molecule has 0 N–H and O–H groups in total. The number of fused-ring (bicyclic) bond motifs is 1. The predicted octanol–water partition coefficient (Wildman–Crippen LogP) is 3.86. The number of benzene rings is 2. The molecule has 1 aliphatic heterocycles. The van der Waals surface area contributed by atoms with Gasteiger partial charge in [0.2, 0.25) is 0 Å². The van der Waals surface area contributed by atoms with Crippen LogP contribution >= 0.6 is 11.8 Å². The first-order valence-electron chi connectivity index (χ1n) is 6.21. The standard InChI is InChI=1S/C16H14O2S/c1-19-12-8-6-11(7-9-12)10-15-13-4-2-3-5-14(13)16(17)18-15/h2-9,15H,10H2,1H3. The molecule has 0 aromatic heterocycles. The van der Waals surface area contributed by atoms with E-state index >= 15 is 0 Å². The quantitative estimate of drug-likeness (QED) is 0.625. The summed E-state index contributed by atoms with van der Waals surface area (Å²) in [6, 6.07) is 16.0. The summed E-state index contributed by atoms with van der Waals surface area (Å²) < 4.78 is 5.45. The number of esters is 1. The molecule has 2 aromatic carbocycles. The zero-order valence-electron chi connectivity index (χ0n) is 10.6. The fourth-order valence-electron chi connectivity index (χ4n) is 2.35. The van der Waals surface area contributed by atoms with E-state index in [9.17, 15) is 4.79 Å². The molecular formula is C16H14O2S. The Kier molecular flexibility index (Phi) is 3.30. The Labute approximate surface area is 116 Å². The van der Waals surface area contributed by atoms with Crippen LogP contribution in [0.1, 0.15) is 27.6 Å². The van der Waals surface area contributed by atoms with Gasteiger partial charge in [-0.3, -0.25) is 0 Å². The SMILES string of the molecule is CSc1ccc(CC2OC(=O)c3ccccc32)cc1. The topological polar surface area (TPSA) is 26.3 Å². The molecule has 0 radical (unpaired) electrons. The molecule has 1 unspecified atom stereocenters. The third-order valence-corrected chi connectivity index (χ3v) is 4.10. The zero-order valence-corrected chi connectivity index (χ0v) is 11.4. The summed E-state index contributed by atoms with van der Waals surface area (Å²) in [4.78, 5) is 13.0. The van der Waals surface area contributed by atoms with Crippen LogP contribution in [0.4, 0.5) is 0 Å². The summed E-state index contributed by atoms with van der Waals surface area (Å²) in [7, 11) is 0. The third kappa shape index (κ3) is 2.38. The van der Waals surface area contributed by atoms with Crippen molar-refractivity contribution >= 4 is 17.7 Å². The van der Waals surface area contributed by atoms with Crippen molar-refractivity contribution in [1.82, 2.24) is 0 Å². The molecule has 0 bridgehead atoms. The fourth-order valence-corrected chi connectivity index (χ4v) is 2.76. The molecule has 0 amide bonds. The Hall–Kier alpha value is -1.74. The number of hydrogen-bond acceptors (Lipinski definition) is 3. The van der Waals surface area contributed by atoms with Crippen LogP contribution in [0, 0.1) is 0 Å². The summed E-state index contributed by atoms with van der Waals surface area (Å²) in [5, 5.41) is 0. The number of cyclic esters (lactones) is 1.